The first-order valence-electron chi connectivity index (χ1n) is 4.15. The van der Waals surface area contributed by atoms with Crippen LogP contribution in [0.3, 0.4) is 0 Å². The zero-order valence-electron chi connectivity index (χ0n) is 7.34. The van der Waals surface area contributed by atoms with Crippen molar-refractivity contribution < 1.29 is 8.42 Å². The molecule has 0 aromatic carbocycles. The van der Waals surface area contributed by atoms with Crippen molar-refractivity contribution in [3.8, 4) is 0 Å². The molecule has 3 N–H and O–H groups in total. The van der Waals surface area contributed by atoms with Crippen LogP contribution in [0, 0.1) is 5.41 Å². The summed E-state index contributed by atoms with van der Waals surface area (Å²) in [5, 5.41) is 0. The second kappa shape index (κ2) is 3.32. The number of hydrogen-bond acceptors (Lipinski definition) is 3. The Hall–Kier alpha value is -0.130. The molecule has 0 unspecified atom stereocenters. The van der Waals surface area contributed by atoms with E-state index in [9.17, 15) is 8.42 Å². The van der Waals surface area contributed by atoms with Crippen molar-refractivity contribution in [1.82, 2.24) is 4.72 Å². The van der Waals surface area contributed by atoms with Crippen LogP contribution in [0.5, 0.6) is 0 Å². The van der Waals surface area contributed by atoms with Crippen molar-refractivity contribution in [2.45, 2.75) is 19.8 Å². The lowest BCUT2D eigenvalue weighted by molar-refractivity contribution is 0.530. The van der Waals surface area contributed by atoms with Gasteiger partial charge in [0.2, 0.25) is 10.0 Å². The molecule has 1 rings (SSSR count). The molecular weight excluding hydrogens is 176 g/mol. The van der Waals surface area contributed by atoms with Crippen molar-refractivity contribution >= 4 is 10.0 Å². The number of nitrogens with one attached hydrogen (secondary N) is 1. The van der Waals surface area contributed by atoms with Gasteiger partial charge < -0.3 is 5.73 Å². The fourth-order valence-electron chi connectivity index (χ4n) is 0.902. The summed E-state index contributed by atoms with van der Waals surface area (Å²) in [6, 6.07) is 0. The lowest BCUT2D eigenvalue weighted by Gasteiger charge is -2.09. The number of rotatable bonds is 5. The molecule has 0 radical (unpaired) electrons. The topological polar surface area (TPSA) is 72.2 Å². The monoisotopic (exact) mass is 192 g/mol. The molecule has 5 heteroatoms. The van der Waals surface area contributed by atoms with E-state index in [0.717, 1.165) is 12.8 Å². The van der Waals surface area contributed by atoms with Crippen molar-refractivity contribution in [2.24, 2.45) is 11.1 Å². The third-order valence-corrected chi connectivity index (χ3v) is 3.57. The van der Waals surface area contributed by atoms with Gasteiger partial charge in [0.05, 0.1) is 5.75 Å². The number of nitrogens with two attached hydrogens (primary N) is 1. The molecule has 0 heterocycles. The van der Waals surface area contributed by atoms with Gasteiger partial charge in [0.1, 0.15) is 0 Å². The Kier molecular flexibility index (Phi) is 2.75. The van der Waals surface area contributed by atoms with E-state index in [1.807, 2.05) is 0 Å². The van der Waals surface area contributed by atoms with E-state index in [0.29, 0.717) is 6.54 Å². The van der Waals surface area contributed by atoms with Crippen LogP contribution in [0.15, 0.2) is 0 Å². The molecule has 72 valence electrons. The summed E-state index contributed by atoms with van der Waals surface area (Å²) in [6.07, 6.45) is 2.25. The molecule has 1 aliphatic carbocycles. The van der Waals surface area contributed by atoms with Crippen molar-refractivity contribution in [3.05, 3.63) is 0 Å². The molecule has 1 fully saturated rings. The highest BCUT2D eigenvalue weighted by atomic mass is 32.2. The maximum absolute atomic E-state index is 11.1. The fourth-order valence-corrected chi connectivity index (χ4v) is 1.92. The highest BCUT2D eigenvalue weighted by Crippen LogP contribution is 2.44. The van der Waals surface area contributed by atoms with Gasteiger partial charge in [0, 0.05) is 13.1 Å². The van der Waals surface area contributed by atoms with Gasteiger partial charge in [-0.15, -0.1) is 0 Å². The summed E-state index contributed by atoms with van der Waals surface area (Å²) in [5.74, 6) is 0.0308. The van der Waals surface area contributed by atoms with Gasteiger partial charge in [-0.1, -0.05) is 6.92 Å². The standard InChI is InChI=1S/C7H16N2O2S/c1-7(2-3-7)6-9-12(10,11)5-4-8/h9H,2-6,8H2,1H3. The minimum Gasteiger partial charge on any atom is -0.329 e. The van der Waals surface area contributed by atoms with Gasteiger partial charge in [0.15, 0.2) is 0 Å². The first kappa shape index (κ1) is 9.95. The molecule has 0 amide bonds. The summed E-state index contributed by atoms with van der Waals surface area (Å²) >= 11 is 0. The van der Waals surface area contributed by atoms with Crippen LogP contribution in [-0.4, -0.2) is 27.3 Å². The zero-order chi connectivity index (χ0) is 9.24. The summed E-state index contributed by atoms with van der Waals surface area (Å²) in [5.41, 5.74) is 5.37. The van der Waals surface area contributed by atoms with Crippen LogP contribution < -0.4 is 10.5 Å². The van der Waals surface area contributed by atoms with Crippen LogP contribution in [0.2, 0.25) is 0 Å². The quantitative estimate of drug-likeness (QED) is 0.626. The summed E-state index contributed by atoms with van der Waals surface area (Å²) in [6.45, 7) is 2.83. The Balaban J connectivity index is 2.30. The molecule has 0 saturated heterocycles. The van der Waals surface area contributed by atoms with E-state index < -0.39 is 10.0 Å². The Morgan fingerprint density at radius 3 is 2.50 bits per heavy atom. The second-order valence-electron chi connectivity index (χ2n) is 3.74. The Morgan fingerprint density at radius 2 is 2.08 bits per heavy atom. The predicted octanol–water partition coefficient (Wildman–Crippen LogP) is -0.335. The maximum atomic E-state index is 11.1. The first-order valence-corrected chi connectivity index (χ1v) is 5.80. The minimum absolute atomic E-state index is 0.0308. The van der Waals surface area contributed by atoms with E-state index in [-0.39, 0.29) is 17.7 Å². The maximum Gasteiger partial charge on any atom is 0.212 e. The fraction of sp³-hybridized carbons (Fsp3) is 1.00. The van der Waals surface area contributed by atoms with E-state index in [1.54, 1.807) is 0 Å². The lowest BCUT2D eigenvalue weighted by Crippen LogP contribution is -2.33. The number of hydrogen-bond donors (Lipinski definition) is 2. The van der Waals surface area contributed by atoms with E-state index in [4.69, 9.17) is 5.73 Å². The van der Waals surface area contributed by atoms with Gasteiger partial charge in [-0.05, 0) is 18.3 Å². The smallest absolute Gasteiger partial charge is 0.212 e. The average Bonchev–Trinajstić information content (AvgIpc) is 2.66. The molecule has 12 heavy (non-hydrogen) atoms. The molecule has 0 atom stereocenters. The van der Waals surface area contributed by atoms with Crippen molar-refractivity contribution in [3.63, 3.8) is 0 Å². The highest BCUT2D eigenvalue weighted by molar-refractivity contribution is 7.89. The average molecular weight is 192 g/mol. The van der Waals surface area contributed by atoms with E-state index in [2.05, 4.69) is 11.6 Å². The summed E-state index contributed by atoms with van der Waals surface area (Å²) in [4.78, 5) is 0. The highest BCUT2D eigenvalue weighted by Gasteiger charge is 2.37. The summed E-state index contributed by atoms with van der Waals surface area (Å²) < 4.78 is 24.8. The lowest BCUT2D eigenvalue weighted by atomic mass is 10.2. The third-order valence-electron chi connectivity index (χ3n) is 2.21. The van der Waals surface area contributed by atoms with E-state index in [1.165, 1.54) is 0 Å². The molecule has 0 spiro atoms. The predicted molar refractivity (Wildman–Crippen MR) is 48.2 cm³/mol. The van der Waals surface area contributed by atoms with Crippen LogP contribution in [0.4, 0.5) is 0 Å². The van der Waals surface area contributed by atoms with Gasteiger partial charge in [-0.3, -0.25) is 0 Å². The van der Waals surface area contributed by atoms with Gasteiger partial charge in [-0.2, -0.15) is 0 Å². The molecule has 0 aliphatic heterocycles. The molecule has 1 saturated carbocycles. The normalized spacial score (nSPS) is 20.8. The zero-order valence-corrected chi connectivity index (χ0v) is 8.15. The van der Waals surface area contributed by atoms with Crippen LogP contribution in [0.25, 0.3) is 0 Å². The van der Waals surface area contributed by atoms with E-state index >= 15 is 0 Å². The van der Waals surface area contributed by atoms with Gasteiger partial charge in [-0.25, -0.2) is 13.1 Å². The molecule has 0 aromatic heterocycles. The first-order chi connectivity index (χ1) is 5.47. The third kappa shape index (κ3) is 3.08. The largest absolute Gasteiger partial charge is 0.329 e. The summed E-state index contributed by atoms with van der Waals surface area (Å²) in [7, 11) is -3.10. The van der Waals surface area contributed by atoms with Crippen LogP contribution in [-0.2, 0) is 10.0 Å². The van der Waals surface area contributed by atoms with Crippen LogP contribution >= 0.6 is 0 Å². The molecule has 0 aromatic rings. The molecular formula is C7H16N2O2S. The van der Waals surface area contributed by atoms with Gasteiger partial charge in [0.25, 0.3) is 0 Å². The van der Waals surface area contributed by atoms with Crippen molar-refractivity contribution in [1.29, 1.82) is 0 Å². The molecule has 1 aliphatic rings. The second-order valence-corrected chi connectivity index (χ2v) is 5.67. The number of sulfonamides is 1. The Morgan fingerprint density at radius 1 is 1.50 bits per heavy atom. The van der Waals surface area contributed by atoms with Crippen molar-refractivity contribution in [2.75, 3.05) is 18.8 Å². The van der Waals surface area contributed by atoms with Crippen LogP contribution in [0.1, 0.15) is 19.8 Å². The Bertz CT molecular complexity index is 244. The SMILES string of the molecule is CC1(CNS(=O)(=O)CCN)CC1. The Labute approximate surface area is 73.6 Å². The van der Waals surface area contributed by atoms with Gasteiger partial charge >= 0.3 is 0 Å². The molecule has 4 nitrogen and oxygen atoms in total. The molecule has 0 bridgehead atoms. The minimum atomic E-state index is -3.10.